The number of carbonyl (C=O) groups is 1. The summed E-state index contributed by atoms with van der Waals surface area (Å²) in [6.45, 7) is 2.00. The number of ether oxygens (including phenoxy) is 1. The number of rotatable bonds is 5. The summed E-state index contributed by atoms with van der Waals surface area (Å²) in [5.41, 5.74) is 2.76. The van der Waals surface area contributed by atoms with Gasteiger partial charge in [-0.2, -0.15) is 10.1 Å². The highest BCUT2D eigenvalue weighted by Gasteiger charge is 2.41. The number of amides is 1. The maximum Gasteiger partial charge on any atom is 0.282 e. The predicted octanol–water partition coefficient (Wildman–Crippen LogP) is 4.88. The molecule has 9 nitrogen and oxygen atoms in total. The van der Waals surface area contributed by atoms with Gasteiger partial charge in [0.2, 0.25) is 5.95 Å². The van der Waals surface area contributed by atoms with Gasteiger partial charge in [-0.3, -0.25) is 19.8 Å². The second kappa shape index (κ2) is 9.02. The topological polar surface area (TPSA) is 103 Å². The van der Waals surface area contributed by atoms with Gasteiger partial charge in [-0.15, -0.1) is 0 Å². The number of aryl methyl sites for hydroxylation is 1. The molecule has 1 aromatic heterocycles. The van der Waals surface area contributed by atoms with Gasteiger partial charge in [0.05, 0.1) is 24.1 Å². The van der Waals surface area contributed by atoms with Gasteiger partial charge < -0.3 is 4.74 Å². The van der Waals surface area contributed by atoms with E-state index in [9.17, 15) is 14.9 Å². The number of nitro benzene ring substituents is 1. The number of fused-ring (bicyclic) bond motifs is 1. The Morgan fingerprint density at radius 1 is 1.00 bits per heavy atom. The van der Waals surface area contributed by atoms with Crippen LogP contribution >= 0.6 is 0 Å². The molecule has 0 aliphatic carbocycles. The molecule has 0 bridgehead atoms. The minimum absolute atomic E-state index is 0.00654. The minimum atomic E-state index is -0.539. The summed E-state index contributed by atoms with van der Waals surface area (Å²) in [6.07, 6.45) is 1.92. The van der Waals surface area contributed by atoms with E-state index in [1.54, 1.807) is 23.9 Å². The van der Waals surface area contributed by atoms with E-state index in [0.717, 1.165) is 22.4 Å². The van der Waals surface area contributed by atoms with Crippen LogP contribution in [0.3, 0.4) is 0 Å². The van der Waals surface area contributed by atoms with Crippen molar-refractivity contribution in [1.29, 1.82) is 0 Å². The summed E-state index contributed by atoms with van der Waals surface area (Å²) >= 11 is 0. The number of methoxy groups -OCH3 is 1. The second-order valence-corrected chi connectivity index (χ2v) is 8.41. The summed E-state index contributed by atoms with van der Waals surface area (Å²) in [4.78, 5) is 31.0. The Morgan fingerprint density at radius 3 is 2.34 bits per heavy atom. The van der Waals surface area contributed by atoms with Crippen molar-refractivity contribution < 1.29 is 14.5 Å². The van der Waals surface area contributed by atoms with Gasteiger partial charge in [-0.25, -0.2) is 4.68 Å². The van der Waals surface area contributed by atoms with Gasteiger partial charge in [0.15, 0.2) is 0 Å². The van der Waals surface area contributed by atoms with E-state index in [0.29, 0.717) is 12.4 Å². The van der Waals surface area contributed by atoms with E-state index in [1.165, 1.54) is 23.4 Å². The molecule has 0 N–H and O–H groups in total. The molecule has 0 spiro atoms. The molecule has 4 aromatic rings. The van der Waals surface area contributed by atoms with Gasteiger partial charge in [-0.05, 0) is 42.7 Å². The smallest absolute Gasteiger partial charge is 0.282 e. The number of nitro groups is 1. The highest BCUT2D eigenvalue weighted by Crippen LogP contribution is 2.43. The number of hydrogen-bond donors (Lipinski definition) is 0. The predicted molar refractivity (Wildman–Crippen MR) is 130 cm³/mol. The molecular formula is C26H23N5O4. The first-order valence-corrected chi connectivity index (χ1v) is 11.1. The fourth-order valence-electron chi connectivity index (χ4n) is 4.55. The molecule has 0 fully saturated rings. The van der Waals surface area contributed by atoms with Crippen LogP contribution in [-0.4, -0.2) is 32.7 Å². The van der Waals surface area contributed by atoms with Gasteiger partial charge in [-0.1, -0.05) is 54.1 Å². The Bertz CT molecular complexity index is 1380. The van der Waals surface area contributed by atoms with Crippen LogP contribution < -0.4 is 9.64 Å². The number of aromatic nitrogens is 3. The lowest BCUT2D eigenvalue weighted by Gasteiger charge is -2.39. The first-order valence-electron chi connectivity index (χ1n) is 11.1. The fraction of sp³-hybridized carbons (Fsp3) is 0.192. The Hall–Kier alpha value is -4.53. The third-order valence-electron chi connectivity index (χ3n) is 6.34. The SMILES string of the molecule is COc1ccc(C2CC(c3ccc(C)cc3)N(C(=O)c3ccccc3[N+](=O)[O-])c3ncnn32)cc1. The maximum atomic E-state index is 13.9. The summed E-state index contributed by atoms with van der Waals surface area (Å²) in [5, 5.41) is 16.1. The maximum absolute atomic E-state index is 13.9. The number of anilines is 1. The fourth-order valence-corrected chi connectivity index (χ4v) is 4.55. The number of carbonyl (C=O) groups excluding carboxylic acids is 1. The molecule has 1 aliphatic heterocycles. The van der Waals surface area contributed by atoms with E-state index in [1.807, 2.05) is 55.5 Å². The molecule has 0 saturated heterocycles. The zero-order valence-electron chi connectivity index (χ0n) is 19.2. The Balaban J connectivity index is 1.65. The standard InChI is InChI=1S/C26H23N5O4/c1-17-7-9-18(10-8-17)23-15-24(19-11-13-20(35-2)14-12-19)30-26(27-16-28-30)29(23)25(32)21-5-3-4-6-22(21)31(33)34/h3-14,16,23-24H,15H2,1-2H3. The van der Waals surface area contributed by atoms with Crippen molar-refractivity contribution in [3.8, 4) is 5.75 Å². The lowest BCUT2D eigenvalue weighted by Crippen LogP contribution is -2.42. The molecule has 0 radical (unpaired) electrons. The molecule has 2 unspecified atom stereocenters. The second-order valence-electron chi connectivity index (χ2n) is 8.41. The molecule has 35 heavy (non-hydrogen) atoms. The Kier molecular flexibility index (Phi) is 5.74. The zero-order valence-corrected chi connectivity index (χ0v) is 19.2. The summed E-state index contributed by atoms with van der Waals surface area (Å²) in [6, 6.07) is 21.0. The van der Waals surface area contributed by atoms with Gasteiger partial charge in [0.1, 0.15) is 17.6 Å². The van der Waals surface area contributed by atoms with Crippen molar-refractivity contribution in [2.24, 2.45) is 0 Å². The summed E-state index contributed by atoms with van der Waals surface area (Å²) in [7, 11) is 1.62. The quantitative estimate of drug-likeness (QED) is 0.305. The zero-order chi connectivity index (χ0) is 24.5. The van der Waals surface area contributed by atoms with Crippen LogP contribution in [-0.2, 0) is 0 Å². The first-order chi connectivity index (χ1) is 17.0. The molecule has 176 valence electrons. The van der Waals surface area contributed by atoms with Gasteiger partial charge >= 0.3 is 0 Å². The van der Waals surface area contributed by atoms with E-state index < -0.39 is 16.9 Å². The van der Waals surface area contributed by atoms with E-state index >= 15 is 0 Å². The molecule has 0 saturated carbocycles. The van der Waals surface area contributed by atoms with Crippen molar-refractivity contribution in [1.82, 2.24) is 14.8 Å². The summed E-state index contributed by atoms with van der Waals surface area (Å²) in [5.74, 6) is 0.586. The molecule has 3 aromatic carbocycles. The van der Waals surface area contributed by atoms with Crippen LogP contribution in [0.1, 0.15) is 45.6 Å². The first kappa shape index (κ1) is 22.3. The van der Waals surface area contributed by atoms with Crippen molar-refractivity contribution >= 4 is 17.5 Å². The lowest BCUT2D eigenvalue weighted by molar-refractivity contribution is -0.385. The highest BCUT2D eigenvalue weighted by atomic mass is 16.6. The molecule has 2 heterocycles. The summed E-state index contributed by atoms with van der Waals surface area (Å²) < 4.78 is 7.01. The number of benzene rings is 3. The average Bonchev–Trinajstić information content (AvgIpc) is 3.38. The molecule has 1 aliphatic rings. The van der Waals surface area contributed by atoms with E-state index in [-0.39, 0.29) is 17.3 Å². The van der Waals surface area contributed by atoms with Crippen molar-refractivity contribution in [2.45, 2.75) is 25.4 Å². The van der Waals surface area contributed by atoms with Crippen molar-refractivity contribution in [3.63, 3.8) is 0 Å². The van der Waals surface area contributed by atoms with Crippen LogP contribution in [0, 0.1) is 17.0 Å². The van der Waals surface area contributed by atoms with Crippen LogP contribution in [0.2, 0.25) is 0 Å². The van der Waals surface area contributed by atoms with Gasteiger partial charge in [0.25, 0.3) is 11.6 Å². The monoisotopic (exact) mass is 469 g/mol. The number of hydrogen-bond acceptors (Lipinski definition) is 6. The highest BCUT2D eigenvalue weighted by molar-refractivity contribution is 6.08. The van der Waals surface area contributed by atoms with Crippen molar-refractivity contribution in [2.75, 3.05) is 12.0 Å². The molecular weight excluding hydrogens is 446 g/mol. The van der Waals surface area contributed by atoms with E-state index in [2.05, 4.69) is 10.1 Å². The Labute approximate surface area is 201 Å². The molecule has 5 rings (SSSR count). The number of para-hydroxylation sites is 1. The van der Waals surface area contributed by atoms with Crippen molar-refractivity contribution in [3.05, 3.63) is 111 Å². The van der Waals surface area contributed by atoms with E-state index in [4.69, 9.17) is 4.74 Å². The molecule has 1 amide bonds. The van der Waals surface area contributed by atoms with Crippen LogP contribution in [0.25, 0.3) is 0 Å². The lowest BCUT2D eigenvalue weighted by atomic mass is 9.91. The third-order valence-corrected chi connectivity index (χ3v) is 6.34. The van der Waals surface area contributed by atoms with Crippen LogP contribution in [0.4, 0.5) is 11.6 Å². The average molecular weight is 470 g/mol. The molecule has 9 heteroatoms. The largest absolute Gasteiger partial charge is 0.497 e. The minimum Gasteiger partial charge on any atom is -0.497 e. The normalized spacial score (nSPS) is 17.0. The number of nitrogens with zero attached hydrogens (tertiary/aromatic N) is 5. The van der Waals surface area contributed by atoms with Crippen LogP contribution in [0.5, 0.6) is 5.75 Å². The van der Waals surface area contributed by atoms with Gasteiger partial charge in [0, 0.05) is 6.07 Å². The third kappa shape index (κ3) is 4.01. The Morgan fingerprint density at radius 2 is 1.66 bits per heavy atom. The molecule has 2 atom stereocenters. The van der Waals surface area contributed by atoms with Crippen LogP contribution in [0.15, 0.2) is 79.1 Å².